The number of hydrogen-bond acceptors (Lipinski definition) is 3. The molecule has 2 fully saturated rings. The maximum Gasteiger partial charge on any atom is 0.321 e. The summed E-state index contributed by atoms with van der Waals surface area (Å²) in [5.41, 5.74) is 2.57. The van der Waals surface area contributed by atoms with Gasteiger partial charge in [-0.2, -0.15) is 0 Å². The largest absolute Gasteiger partial charge is 0.330 e. The molecule has 1 N–H and O–H groups in total. The molecule has 0 spiro atoms. The van der Waals surface area contributed by atoms with Gasteiger partial charge in [-0.3, -0.25) is 9.59 Å². The number of likely N-dealkylation sites (tertiary alicyclic amines) is 1. The predicted octanol–water partition coefficient (Wildman–Crippen LogP) is 3.26. The summed E-state index contributed by atoms with van der Waals surface area (Å²) in [6.07, 6.45) is 2.09. The zero-order valence-electron chi connectivity index (χ0n) is 18.8. The quantitative estimate of drug-likeness (QED) is 0.708. The van der Waals surface area contributed by atoms with Gasteiger partial charge in [0.05, 0.1) is 0 Å². The van der Waals surface area contributed by atoms with Crippen LogP contribution in [0.2, 0.25) is 0 Å². The minimum absolute atomic E-state index is 0.0650. The van der Waals surface area contributed by atoms with Gasteiger partial charge in [0.1, 0.15) is 5.82 Å². The number of benzene rings is 2. The Morgan fingerprint density at radius 1 is 1.00 bits per heavy atom. The van der Waals surface area contributed by atoms with E-state index in [1.807, 2.05) is 31.2 Å². The number of piperazine rings is 1. The van der Waals surface area contributed by atoms with Crippen LogP contribution < -0.4 is 5.32 Å². The summed E-state index contributed by atoms with van der Waals surface area (Å²) in [5, 5.41) is 2.99. The van der Waals surface area contributed by atoms with E-state index in [0.717, 1.165) is 17.7 Å². The molecule has 0 aromatic heterocycles. The maximum absolute atomic E-state index is 13.4. The Kier molecular flexibility index (Phi) is 6.91. The van der Waals surface area contributed by atoms with E-state index in [2.05, 4.69) is 5.32 Å². The van der Waals surface area contributed by atoms with Gasteiger partial charge in [-0.15, -0.1) is 0 Å². The fourth-order valence-electron chi connectivity index (χ4n) is 4.57. The van der Waals surface area contributed by atoms with Gasteiger partial charge >= 0.3 is 17.8 Å². The van der Waals surface area contributed by atoms with E-state index in [-0.39, 0.29) is 24.4 Å². The number of carbonyl (C=O) groups excluding carboxylic acids is 3. The zero-order valence-corrected chi connectivity index (χ0v) is 18.8. The number of para-hydroxylation sites is 1. The van der Waals surface area contributed by atoms with Gasteiger partial charge in [0.25, 0.3) is 0 Å². The van der Waals surface area contributed by atoms with Crippen molar-refractivity contribution in [2.24, 2.45) is 0 Å². The highest BCUT2D eigenvalue weighted by Gasteiger charge is 2.38. The first-order valence-corrected chi connectivity index (χ1v) is 11.4. The third kappa shape index (κ3) is 5.16. The van der Waals surface area contributed by atoms with Crippen LogP contribution in [0.15, 0.2) is 48.5 Å². The van der Waals surface area contributed by atoms with Gasteiger partial charge in [0, 0.05) is 44.5 Å². The average molecular weight is 453 g/mol. The number of hydrogen-bond donors (Lipinski definition) is 1. The lowest BCUT2D eigenvalue weighted by Gasteiger charge is -2.42. The Bertz CT molecular complexity index is 1040. The van der Waals surface area contributed by atoms with Crippen LogP contribution in [-0.2, 0) is 22.6 Å². The molecular formula is C25H29FN4O3. The van der Waals surface area contributed by atoms with Crippen molar-refractivity contribution in [2.75, 3.05) is 31.5 Å². The lowest BCUT2D eigenvalue weighted by molar-refractivity contribution is -0.158. The Morgan fingerprint density at radius 3 is 2.48 bits per heavy atom. The van der Waals surface area contributed by atoms with Gasteiger partial charge < -0.3 is 20.0 Å². The van der Waals surface area contributed by atoms with Crippen LogP contribution in [-0.4, -0.2) is 64.8 Å². The van der Waals surface area contributed by atoms with Crippen LogP contribution in [0.25, 0.3) is 0 Å². The van der Waals surface area contributed by atoms with Crippen molar-refractivity contribution in [3.05, 3.63) is 65.5 Å². The molecule has 33 heavy (non-hydrogen) atoms. The molecule has 2 heterocycles. The normalized spacial score (nSPS) is 17.5. The molecule has 2 aliphatic rings. The van der Waals surface area contributed by atoms with Crippen molar-refractivity contribution >= 4 is 23.5 Å². The van der Waals surface area contributed by atoms with E-state index >= 15 is 0 Å². The number of nitrogens with one attached hydrogen (secondary N) is 1. The van der Waals surface area contributed by atoms with Crippen LogP contribution in [0.3, 0.4) is 0 Å². The van der Waals surface area contributed by atoms with Crippen molar-refractivity contribution in [3.8, 4) is 0 Å². The molecule has 0 aliphatic carbocycles. The molecule has 174 valence electrons. The van der Waals surface area contributed by atoms with E-state index < -0.39 is 11.8 Å². The standard InChI is InChI=1S/C25H29FN4O3/c1-2-19-7-3-4-9-22(19)27-25(33)28-12-10-21(11-13-28)30-15-14-29(23(31)24(30)32)17-18-6-5-8-20(26)16-18/h3-9,16,21H,2,10-15,17H2,1H3,(H,27,33). The summed E-state index contributed by atoms with van der Waals surface area (Å²) < 4.78 is 13.4. The van der Waals surface area contributed by atoms with E-state index in [0.29, 0.717) is 44.6 Å². The molecule has 2 aromatic rings. The second kappa shape index (κ2) is 10.0. The van der Waals surface area contributed by atoms with Crippen molar-refractivity contribution in [2.45, 2.75) is 38.8 Å². The van der Waals surface area contributed by atoms with E-state index in [4.69, 9.17) is 0 Å². The molecule has 4 rings (SSSR count). The summed E-state index contributed by atoms with van der Waals surface area (Å²) in [5.74, 6) is -1.43. The first kappa shape index (κ1) is 22.8. The summed E-state index contributed by atoms with van der Waals surface area (Å²) in [6.45, 7) is 4.17. The number of halogens is 1. The number of urea groups is 1. The summed E-state index contributed by atoms with van der Waals surface area (Å²) >= 11 is 0. The number of anilines is 1. The SMILES string of the molecule is CCc1ccccc1NC(=O)N1CCC(N2CCN(Cc3cccc(F)c3)C(=O)C2=O)CC1. The number of rotatable bonds is 5. The summed E-state index contributed by atoms with van der Waals surface area (Å²) in [4.78, 5) is 43.1. The molecule has 0 radical (unpaired) electrons. The van der Waals surface area contributed by atoms with Crippen LogP contribution in [0.5, 0.6) is 0 Å². The third-order valence-electron chi connectivity index (χ3n) is 6.44. The summed E-state index contributed by atoms with van der Waals surface area (Å²) in [7, 11) is 0. The first-order chi connectivity index (χ1) is 16.0. The van der Waals surface area contributed by atoms with Crippen LogP contribution in [0, 0.1) is 5.82 Å². The lowest BCUT2D eigenvalue weighted by Crippen LogP contribution is -2.59. The number of aryl methyl sites for hydroxylation is 1. The highest BCUT2D eigenvalue weighted by molar-refractivity contribution is 6.35. The molecule has 8 heteroatoms. The Labute approximate surface area is 193 Å². The van der Waals surface area contributed by atoms with Crippen molar-refractivity contribution in [1.82, 2.24) is 14.7 Å². The zero-order chi connectivity index (χ0) is 23.4. The number of amides is 4. The molecular weight excluding hydrogens is 423 g/mol. The third-order valence-corrected chi connectivity index (χ3v) is 6.44. The van der Waals surface area contributed by atoms with Gasteiger partial charge in [-0.1, -0.05) is 37.3 Å². The van der Waals surface area contributed by atoms with Crippen molar-refractivity contribution in [3.63, 3.8) is 0 Å². The Hall–Kier alpha value is -3.42. The van der Waals surface area contributed by atoms with Crippen molar-refractivity contribution < 1.29 is 18.8 Å². The second-order valence-electron chi connectivity index (χ2n) is 8.51. The highest BCUT2D eigenvalue weighted by atomic mass is 19.1. The maximum atomic E-state index is 13.4. The van der Waals surface area contributed by atoms with E-state index in [1.54, 1.807) is 21.9 Å². The fourth-order valence-corrected chi connectivity index (χ4v) is 4.57. The minimum atomic E-state index is -0.554. The molecule has 4 amide bonds. The summed E-state index contributed by atoms with van der Waals surface area (Å²) in [6, 6.07) is 13.6. The lowest BCUT2D eigenvalue weighted by atomic mass is 10.0. The molecule has 0 unspecified atom stereocenters. The van der Waals surface area contributed by atoms with Gasteiger partial charge in [-0.05, 0) is 48.6 Å². The molecule has 0 saturated carbocycles. The average Bonchev–Trinajstić information content (AvgIpc) is 2.83. The highest BCUT2D eigenvalue weighted by Crippen LogP contribution is 2.22. The smallest absolute Gasteiger partial charge is 0.321 e. The molecule has 2 aromatic carbocycles. The van der Waals surface area contributed by atoms with Gasteiger partial charge in [-0.25, -0.2) is 9.18 Å². The van der Waals surface area contributed by atoms with Gasteiger partial charge in [0.2, 0.25) is 0 Å². The molecule has 7 nitrogen and oxygen atoms in total. The van der Waals surface area contributed by atoms with Crippen LogP contribution in [0.1, 0.15) is 30.9 Å². The molecule has 2 aliphatic heterocycles. The molecule has 0 bridgehead atoms. The number of carbonyl (C=O) groups is 3. The van der Waals surface area contributed by atoms with E-state index in [1.165, 1.54) is 17.0 Å². The van der Waals surface area contributed by atoms with Crippen LogP contribution >= 0.6 is 0 Å². The molecule has 2 saturated heterocycles. The predicted molar refractivity (Wildman–Crippen MR) is 123 cm³/mol. The van der Waals surface area contributed by atoms with Gasteiger partial charge in [0.15, 0.2) is 0 Å². The fraction of sp³-hybridized carbons (Fsp3) is 0.400. The topological polar surface area (TPSA) is 73.0 Å². The molecule has 0 atom stereocenters. The van der Waals surface area contributed by atoms with Crippen LogP contribution in [0.4, 0.5) is 14.9 Å². The monoisotopic (exact) mass is 452 g/mol. The number of nitrogens with zero attached hydrogens (tertiary/aromatic N) is 3. The minimum Gasteiger partial charge on any atom is -0.330 e. The van der Waals surface area contributed by atoms with E-state index in [9.17, 15) is 18.8 Å². The first-order valence-electron chi connectivity index (χ1n) is 11.4. The second-order valence-corrected chi connectivity index (χ2v) is 8.51. The van der Waals surface area contributed by atoms with Crippen molar-refractivity contribution in [1.29, 1.82) is 0 Å². The number of piperidine rings is 1. The Balaban J connectivity index is 1.30. The Morgan fingerprint density at radius 2 is 1.76 bits per heavy atom.